The van der Waals surface area contributed by atoms with E-state index in [9.17, 15) is 0 Å². The molecule has 0 amide bonds. The highest BCUT2D eigenvalue weighted by atomic mass is 14.8. The van der Waals surface area contributed by atoms with E-state index in [0.29, 0.717) is 0 Å². The number of hydrogen-bond acceptors (Lipinski definition) is 2. The van der Waals surface area contributed by atoms with E-state index in [1.807, 2.05) is 36.7 Å². The van der Waals surface area contributed by atoms with E-state index in [4.69, 9.17) is 0 Å². The van der Waals surface area contributed by atoms with E-state index in [2.05, 4.69) is 70.6 Å². The van der Waals surface area contributed by atoms with Gasteiger partial charge in [-0.15, -0.1) is 0 Å². The predicted molar refractivity (Wildman–Crippen MR) is 115 cm³/mol. The maximum absolute atomic E-state index is 4.66. The molecule has 0 saturated carbocycles. The standard InChI is InChI=1S/C26H16N2/c1-2-9-21-20(8-1)22-10-5-7-17-15-18(16-23(21)25(17)22)19-11-6-14-28-26(19)24-12-3-4-13-27-24/h1-16H. The predicted octanol–water partition coefficient (Wildman–Crippen LogP) is 6.61. The van der Waals surface area contributed by atoms with Crippen molar-refractivity contribution in [1.82, 2.24) is 9.97 Å². The maximum atomic E-state index is 4.66. The summed E-state index contributed by atoms with van der Waals surface area (Å²) >= 11 is 0. The summed E-state index contributed by atoms with van der Waals surface area (Å²) in [5, 5.41) is 2.60. The fourth-order valence-corrected chi connectivity index (χ4v) is 4.32. The van der Waals surface area contributed by atoms with Gasteiger partial charge in [0.25, 0.3) is 0 Å². The normalized spacial score (nSPS) is 11.6. The molecule has 0 unspecified atom stereocenters. The second-order valence-corrected chi connectivity index (χ2v) is 7.09. The van der Waals surface area contributed by atoms with Gasteiger partial charge in [0.15, 0.2) is 0 Å². The highest BCUT2D eigenvalue weighted by Gasteiger charge is 2.22. The highest BCUT2D eigenvalue weighted by Crippen LogP contribution is 2.48. The van der Waals surface area contributed by atoms with E-state index < -0.39 is 0 Å². The van der Waals surface area contributed by atoms with Crippen molar-refractivity contribution in [3.05, 3.63) is 97.3 Å². The molecule has 28 heavy (non-hydrogen) atoms. The average Bonchev–Trinajstić information content (AvgIpc) is 3.10. The summed E-state index contributed by atoms with van der Waals surface area (Å²) in [7, 11) is 0. The molecule has 0 spiro atoms. The van der Waals surface area contributed by atoms with E-state index in [0.717, 1.165) is 17.0 Å². The van der Waals surface area contributed by atoms with Gasteiger partial charge in [0, 0.05) is 18.0 Å². The maximum Gasteiger partial charge on any atom is 0.0964 e. The molecule has 2 aromatic heterocycles. The van der Waals surface area contributed by atoms with Gasteiger partial charge in [-0.25, -0.2) is 0 Å². The lowest BCUT2D eigenvalue weighted by molar-refractivity contribution is 1.25. The van der Waals surface area contributed by atoms with E-state index in [-0.39, 0.29) is 0 Å². The number of pyridine rings is 2. The molecule has 5 aromatic rings. The molecule has 0 bridgehead atoms. The van der Waals surface area contributed by atoms with E-state index in [1.165, 1.54) is 38.6 Å². The fourth-order valence-electron chi connectivity index (χ4n) is 4.32. The molecule has 2 heteroatoms. The number of benzene rings is 3. The quantitative estimate of drug-likeness (QED) is 0.349. The Kier molecular flexibility index (Phi) is 3.20. The first kappa shape index (κ1) is 15.3. The second kappa shape index (κ2) is 5.86. The second-order valence-electron chi connectivity index (χ2n) is 7.09. The van der Waals surface area contributed by atoms with Gasteiger partial charge in [0.05, 0.1) is 11.4 Å². The molecule has 3 aromatic carbocycles. The third-order valence-electron chi connectivity index (χ3n) is 5.51. The van der Waals surface area contributed by atoms with Crippen LogP contribution in [0, 0.1) is 0 Å². The van der Waals surface area contributed by atoms with Gasteiger partial charge < -0.3 is 0 Å². The van der Waals surface area contributed by atoms with Gasteiger partial charge in [-0.05, 0) is 68.9 Å². The van der Waals surface area contributed by atoms with Crippen molar-refractivity contribution in [2.75, 3.05) is 0 Å². The highest BCUT2D eigenvalue weighted by molar-refractivity contribution is 6.16. The van der Waals surface area contributed by atoms with Crippen LogP contribution >= 0.6 is 0 Å². The molecule has 0 fully saturated rings. The third kappa shape index (κ3) is 2.15. The lowest BCUT2D eigenvalue weighted by Gasteiger charge is -2.11. The van der Waals surface area contributed by atoms with E-state index in [1.54, 1.807) is 0 Å². The molecule has 0 atom stereocenters. The SMILES string of the molecule is c1ccc(-c2ncccc2-c2cc3c4c(cccc4c2)-c2ccccc2-3)nc1. The van der Waals surface area contributed by atoms with Crippen molar-refractivity contribution in [3.8, 4) is 44.8 Å². The van der Waals surface area contributed by atoms with Crippen molar-refractivity contribution in [2.24, 2.45) is 0 Å². The number of aromatic nitrogens is 2. The van der Waals surface area contributed by atoms with Crippen molar-refractivity contribution in [2.45, 2.75) is 0 Å². The minimum atomic E-state index is 0.892. The minimum Gasteiger partial charge on any atom is -0.255 e. The Morgan fingerprint density at radius 3 is 2.11 bits per heavy atom. The number of rotatable bonds is 2. The Balaban J connectivity index is 1.66. The molecule has 2 nitrogen and oxygen atoms in total. The molecule has 1 aliphatic carbocycles. The lowest BCUT2D eigenvalue weighted by Crippen LogP contribution is -1.91. The first-order chi connectivity index (χ1) is 13.9. The summed E-state index contributed by atoms with van der Waals surface area (Å²) in [4.78, 5) is 9.18. The number of nitrogens with zero attached hydrogens (tertiary/aromatic N) is 2. The summed E-state index contributed by atoms with van der Waals surface area (Å²) in [6.07, 6.45) is 3.65. The Bertz CT molecular complexity index is 1350. The fraction of sp³-hybridized carbons (Fsp3) is 0. The van der Waals surface area contributed by atoms with Gasteiger partial charge in [0.2, 0.25) is 0 Å². The number of hydrogen-bond donors (Lipinski definition) is 0. The summed E-state index contributed by atoms with van der Waals surface area (Å²) in [5.74, 6) is 0. The van der Waals surface area contributed by atoms with Crippen molar-refractivity contribution in [3.63, 3.8) is 0 Å². The molecule has 0 radical (unpaired) electrons. The smallest absolute Gasteiger partial charge is 0.0964 e. The van der Waals surface area contributed by atoms with Gasteiger partial charge in [-0.2, -0.15) is 0 Å². The van der Waals surface area contributed by atoms with Crippen LogP contribution < -0.4 is 0 Å². The lowest BCUT2D eigenvalue weighted by atomic mass is 9.94. The summed E-state index contributed by atoms with van der Waals surface area (Å²) < 4.78 is 0. The Morgan fingerprint density at radius 1 is 0.500 bits per heavy atom. The van der Waals surface area contributed by atoms with Crippen LogP contribution in [0.2, 0.25) is 0 Å². The monoisotopic (exact) mass is 356 g/mol. The molecule has 0 N–H and O–H groups in total. The molecular weight excluding hydrogens is 340 g/mol. The van der Waals surface area contributed by atoms with Crippen LogP contribution in [0.5, 0.6) is 0 Å². The largest absolute Gasteiger partial charge is 0.255 e. The van der Waals surface area contributed by atoms with Gasteiger partial charge in [-0.1, -0.05) is 54.6 Å². The zero-order chi connectivity index (χ0) is 18.5. The Hall–Kier alpha value is -3.78. The molecule has 130 valence electrons. The molecule has 1 aliphatic rings. The van der Waals surface area contributed by atoms with Gasteiger partial charge in [0.1, 0.15) is 0 Å². The summed E-state index contributed by atoms with van der Waals surface area (Å²) in [6, 6.07) is 29.9. The van der Waals surface area contributed by atoms with Gasteiger partial charge in [-0.3, -0.25) is 9.97 Å². The van der Waals surface area contributed by atoms with Crippen LogP contribution in [-0.4, -0.2) is 9.97 Å². The van der Waals surface area contributed by atoms with Crippen LogP contribution in [-0.2, 0) is 0 Å². The third-order valence-corrected chi connectivity index (χ3v) is 5.51. The Morgan fingerprint density at radius 2 is 1.25 bits per heavy atom. The zero-order valence-electron chi connectivity index (χ0n) is 15.1. The van der Waals surface area contributed by atoms with Crippen LogP contribution in [0.1, 0.15) is 0 Å². The molecule has 0 saturated heterocycles. The molecule has 0 aliphatic heterocycles. The van der Waals surface area contributed by atoms with Crippen LogP contribution in [0.3, 0.4) is 0 Å². The summed E-state index contributed by atoms with van der Waals surface area (Å²) in [6.45, 7) is 0. The van der Waals surface area contributed by atoms with Crippen molar-refractivity contribution in [1.29, 1.82) is 0 Å². The summed E-state index contributed by atoms with van der Waals surface area (Å²) in [5.41, 5.74) is 9.33. The number of fused-ring (bicyclic) bond motifs is 3. The minimum absolute atomic E-state index is 0.892. The molecule has 2 heterocycles. The van der Waals surface area contributed by atoms with Crippen LogP contribution in [0.15, 0.2) is 97.3 Å². The van der Waals surface area contributed by atoms with Crippen molar-refractivity contribution < 1.29 is 0 Å². The first-order valence-electron chi connectivity index (χ1n) is 9.43. The van der Waals surface area contributed by atoms with Gasteiger partial charge >= 0.3 is 0 Å². The van der Waals surface area contributed by atoms with Crippen LogP contribution in [0.4, 0.5) is 0 Å². The first-order valence-corrected chi connectivity index (χ1v) is 9.43. The molecular formula is C26H16N2. The van der Waals surface area contributed by atoms with Crippen LogP contribution in [0.25, 0.3) is 55.5 Å². The topological polar surface area (TPSA) is 25.8 Å². The van der Waals surface area contributed by atoms with Crippen molar-refractivity contribution >= 4 is 10.8 Å². The van der Waals surface area contributed by atoms with E-state index >= 15 is 0 Å². The zero-order valence-corrected chi connectivity index (χ0v) is 15.1. The molecule has 6 rings (SSSR count). The Labute approximate surface area is 163 Å². The average molecular weight is 356 g/mol.